The van der Waals surface area contributed by atoms with Crippen molar-refractivity contribution in [3.8, 4) is 16.8 Å². The third-order valence-electron chi connectivity index (χ3n) is 9.73. The molecule has 0 aliphatic heterocycles. The summed E-state index contributed by atoms with van der Waals surface area (Å²) in [6, 6.07) is 65.0. The maximum atomic E-state index is 6.68. The molecule has 10 aromatic rings. The summed E-state index contributed by atoms with van der Waals surface area (Å²) in [5, 5.41) is 6.89. The molecule has 0 radical (unpaired) electrons. The average molecular weight is 627 g/mol. The summed E-state index contributed by atoms with van der Waals surface area (Å²) in [6.45, 7) is 0. The predicted octanol–water partition coefficient (Wildman–Crippen LogP) is 13.0. The topological polar surface area (TPSA) is 21.3 Å². The van der Waals surface area contributed by atoms with Gasteiger partial charge in [0.15, 0.2) is 0 Å². The molecule has 0 spiro atoms. The van der Waals surface area contributed by atoms with Crippen molar-refractivity contribution in [2.75, 3.05) is 4.90 Å². The van der Waals surface area contributed by atoms with Gasteiger partial charge in [-0.15, -0.1) is 0 Å². The second kappa shape index (κ2) is 11.0. The highest BCUT2D eigenvalue weighted by Gasteiger charge is 2.23. The molecule has 0 N–H and O–H groups in total. The second-order valence-electron chi connectivity index (χ2n) is 12.6. The van der Waals surface area contributed by atoms with Crippen LogP contribution in [-0.2, 0) is 0 Å². The minimum atomic E-state index is 0.882. The van der Waals surface area contributed by atoms with Gasteiger partial charge in [-0.2, -0.15) is 0 Å². The number of fused-ring (bicyclic) bond motifs is 8. The molecule has 49 heavy (non-hydrogen) atoms. The van der Waals surface area contributed by atoms with Crippen molar-refractivity contribution >= 4 is 71.6 Å². The normalized spacial score (nSPS) is 11.7. The lowest BCUT2D eigenvalue weighted by molar-refractivity contribution is 0.672. The molecule has 0 aliphatic carbocycles. The summed E-state index contributed by atoms with van der Waals surface area (Å²) in [5.41, 5.74) is 10.8. The molecule has 0 bridgehead atoms. The van der Waals surface area contributed by atoms with Crippen LogP contribution in [-0.4, -0.2) is 4.57 Å². The fourth-order valence-corrected chi connectivity index (χ4v) is 7.55. The van der Waals surface area contributed by atoms with Crippen molar-refractivity contribution in [1.29, 1.82) is 0 Å². The second-order valence-corrected chi connectivity index (χ2v) is 12.6. The Labute approximate surface area is 283 Å². The van der Waals surface area contributed by atoms with Gasteiger partial charge in [-0.25, -0.2) is 0 Å². The van der Waals surface area contributed by atoms with Crippen molar-refractivity contribution < 1.29 is 4.42 Å². The SMILES string of the molecule is c1ccc(-c2cccc(N(c3ccc4c5ccccc5n(-c5ccccc5)c4c3)c3cc4ccccc4c4oc5ccccc5c34)c2)cc1. The van der Waals surface area contributed by atoms with Crippen LogP contribution in [0, 0.1) is 0 Å². The highest BCUT2D eigenvalue weighted by Crippen LogP contribution is 2.47. The highest BCUT2D eigenvalue weighted by molar-refractivity contribution is 6.22. The first-order valence-electron chi connectivity index (χ1n) is 16.7. The highest BCUT2D eigenvalue weighted by atomic mass is 16.3. The van der Waals surface area contributed by atoms with E-state index < -0.39 is 0 Å². The van der Waals surface area contributed by atoms with E-state index in [0.29, 0.717) is 0 Å². The molecule has 230 valence electrons. The Balaban J connectivity index is 1.32. The Bertz CT molecular complexity index is 2830. The summed E-state index contributed by atoms with van der Waals surface area (Å²) in [5.74, 6) is 0. The van der Waals surface area contributed by atoms with Crippen molar-refractivity contribution in [3.63, 3.8) is 0 Å². The zero-order valence-corrected chi connectivity index (χ0v) is 26.6. The molecule has 2 heterocycles. The zero-order valence-electron chi connectivity index (χ0n) is 26.6. The van der Waals surface area contributed by atoms with E-state index in [1.807, 2.05) is 6.07 Å². The Kier molecular flexibility index (Phi) is 6.18. The molecule has 0 saturated carbocycles. The maximum absolute atomic E-state index is 6.68. The number of hydrogen-bond donors (Lipinski definition) is 0. The Morgan fingerprint density at radius 1 is 0.429 bits per heavy atom. The van der Waals surface area contributed by atoms with Crippen molar-refractivity contribution in [2.24, 2.45) is 0 Å². The first-order chi connectivity index (χ1) is 24.3. The minimum Gasteiger partial charge on any atom is -0.455 e. The molecule has 8 aromatic carbocycles. The molecule has 0 aliphatic rings. The van der Waals surface area contributed by atoms with E-state index in [0.717, 1.165) is 66.5 Å². The van der Waals surface area contributed by atoms with Gasteiger partial charge in [0.05, 0.1) is 22.1 Å². The van der Waals surface area contributed by atoms with Crippen LogP contribution in [0.4, 0.5) is 17.1 Å². The number of furan rings is 1. The smallest absolute Gasteiger partial charge is 0.145 e. The Hall–Kier alpha value is -6.58. The van der Waals surface area contributed by atoms with Crippen LogP contribution in [0.15, 0.2) is 186 Å². The van der Waals surface area contributed by atoms with Crippen LogP contribution in [0.3, 0.4) is 0 Å². The third kappa shape index (κ3) is 4.37. The zero-order chi connectivity index (χ0) is 32.3. The Morgan fingerprint density at radius 2 is 1.08 bits per heavy atom. The van der Waals surface area contributed by atoms with Crippen LogP contribution in [0.5, 0.6) is 0 Å². The number of hydrogen-bond acceptors (Lipinski definition) is 2. The fourth-order valence-electron chi connectivity index (χ4n) is 7.55. The van der Waals surface area contributed by atoms with Crippen LogP contribution < -0.4 is 4.90 Å². The van der Waals surface area contributed by atoms with Gasteiger partial charge in [-0.1, -0.05) is 127 Å². The molecule has 0 atom stereocenters. The van der Waals surface area contributed by atoms with Gasteiger partial charge in [-0.3, -0.25) is 0 Å². The number of anilines is 3. The molecule has 3 nitrogen and oxygen atoms in total. The van der Waals surface area contributed by atoms with Gasteiger partial charge in [0.1, 0.15) is 11.2 Å². The van der Waals surface area contributed by atoms with Gasteiger partial charge in [0.2, 0.25) is 0 Å². The largest absolute Gasteiger partial charge is 0.455 e. The van der Waals surface area contributed by atoms with E-state index >= 15 is 0 Å². The average Bonchev–Trinajstić information content (AvgIpc) is 3.72. The molecule has 0 fully saturated rings. The summed E-state index contributed by atoms with van der Waals surface area (Å²) >= 11 is 0. The lowest BCUT2D eigenvalue weighted by Gasteiger charge is -2.27. The van der Waals surface area contributed by atoms with Crippen molar-refractivity contribution in [2.45, 2.75) is 0 Å². The number of aromatic nitrogens is 1. The number of rotatable bonds is 5. The van der Waals surface area contributed by atoms with Gasteiger partial charge < -0.3 is 13.9 Å². The quantitative estimate of drug-likeness (QED) is 0.190. The van der Waals surface area contributed by atoms with Gasteiger partial charge in [0.25, 0.3) is 0 Å². The molecule has 10 rings (SSSR count). The molecular weight excluding hydrogens is 597 g/mol. The van der Waals surface area contributed by atoms with Crippen LogP contribution in [0.1, 0.15) is 0 Å². The van der Waals surface area contributed by atoms with Gasteiger partial charge in [0, 0.05) is 38.6 Å². The Morgan fingerprint density at radius 3 is 1.94 bits per heavy atom. The van der Waals surface area contributed by atoms with E-state index in [-0.39, 0.29) is 0 Å². The molecule has 0 saturated heterocycles. The van der Waals surface area contributed by atoms with E-state index in [1.165, 1.54) is 21.9 Å². The molecule has 0 amide bonds. The lowest BCUT2D eigenvalue weighted by atomic mass is 10.0. The number of para-hydroxylation sites is 3. The summed E-state index contributed by atoms with van der Waals surface area (Å²) in [7, 11) is 0. The summed E-state index contributed by atoms with van der Waals surface area (Å²) in [4.78, 5) is 2.41. The van der Waals surface area contributed by atoms with E-state index in [2.05, 4.69) is 185 Å². The maximum Gasteiger partial charge on any atom is 0.145 e. The fraction of sp³-hybridized carbons (Fsp3) is 0. The number of nitrogens with zero attached hydrogens (tertiary/aromatic N) is 2. The first-order valence-corrected chi connectivity index (χ1v) is 16.7. The van der Waals surface area contributed by atoms with E-state index in [4.69, 9.17) is 4.42 Å². The van der Waals surface area contributed by atoms with E-state index in [1.54, 1.807) is 0 Å². The van der Waals surface area contributed by atoms with Crippen molar-refractivity contribution in [1.82, 2.24) is 4.57 Å². The van der Waals surface area contributed by atoms with E-state index in [9.17, 15) is 0 Å². The molecule has 3 heteroatoms. The van der Waals surface area contributed by atoms with Gasteiger partial charge >= 0.3 is 0 Å². The monoisotopic (exact) mass is 626 g/mol. The van der Waals surface area contributed by atoms with Crippen molar-refractivity contribution in [3.05, 3.63) is 182 Å². The molecule has 2 aromatic heterocycles. The molecular formula is C46H30N2O. The van der Waals surface area contributed by atoms with Crippen LogP contribution >= 0.6 is 0 Å². The standard InChI is InChI=1S/C46H30N2O/c1-3-14-31(15-4-1)32-17-13-20-35(28-32)47(43-29-33-16-7-8-21-37(33)46-45(43)40-23-10-12-25-44(40)49-46)36-26-27-39-38-22-9-11-24-41(38)48(42(39)30-36)34-18-5-2-6-19-34/h1-30H. The summed E-state index contributed by atoms with van der Waals surface area (Å²) in [6.07, 6.45) is 0. The minimum absolute atomic E-state index is 0.882. The summed E-state index contributed by atoms with van der Waals surface area (Å²) < 4.78 is 9.06. The third-order valence-corrected chi connectivity index (χ3v) is 9.73. The first kappa shape index (κ1) is 27.5. The van der Waals surface area contributed by atoms with Gasteiger partial charge in [-0.05, 0) is 71.1 Å². The van der Waals surface area contributed by atoms with Crippen LogP contribution in [0.2, 0.25) is 0 Å². The lowest BCUT2D eigenvalue weighted by Crippen LogP contribution is -2.11. The predicted molar refractivity (Wildman–Crippen MR) is 206 cm³/mol. The molecule has 0 unspecified atom stereocenters. The van der Waals surface area contributed by atoms with Crippen LogP contribution in [0.25, 0.3) is 71.3 Å². The number of benzene rings is 8.